The fourth-order valence-corrected chi connectivity index (χ4v) is 2.63. The first kappa shape index (κ1) is 9.99. The van der Waals surface area contributed by atoms with Gasteiger partial charge in [-0.15, -0.1) is 11.3 Å². The summed E-state index contributed by atoms with van der Waals surface area (Å²) in [5.74, 6) is 0.944. The van der Waals surface area contributed by atoms with Crippen molar-refractivity contribution in [1.82, 2.24) is 9.97 Å². The molecule has 0 unspecified atom stereocenters. The van der Waals surface area contributed by atoms with Crippen LogP contribution in [0, 0.1) is 5.41 Å². The Hall–Kier alpha value is -1.20. The first-order valence-corrected chi connectivity index (χ1v) is 6.33. The maximum absolute atomic E-state index is 5.76. The second-order valence-corrected chi connectivity index (χ2v) is 5.33. The van der Waals surface area contributed by atoms with Gasteiger partial charge in [-0.05, 0) is 36.2 Å². The van der Waals surface area contributed by atoms with Crippen LogP contribution >= 0.6 is 11.3 Å². The second-order valence-electron chi connectivity index (χ2n) is 4.41. The van der Waals surface area contributed by atoms with Crippen molar-refractivity contribution in [1.29, 1.82) is 0 Å². The van der Waals surface area contributed by atoms with Gasteiger partial charge in [0.05, 0.1) is 10.2 Å². The van der Waals surface area contributed by atoms with Gasteiger partial charge in [0, 0.05) is 6.54 Å². The Morgan fingerprint density at radius 1 is 1.44 bits per heavy atom. The minimum absolute atomic E-state index is 0.328. The van der Waals surface area contributed by atoms with Crippen LogP contribution in [0.25, 0.3) is 10.2 Å². The SMILES string of the molecule is NCC1(CNc2ncnc3ccsc23)CC1. The summed E-state index contributed by atoms with van der Waals surface area (Å²) in [6, 6.07) is 2.02. The average molecular weight is 234 g/mol. The van der Waals surface area contributed by atoms with Crippen molar-refractivity contribution in [2.24, 2.45) is 11.1 Å². The van der Waals surface area contributed by atoms with Gasteiger partial charge in [-0.25, -0.2) is 9.97 Å². The monoisotopic (exact) mass is 234 g/mol. The van der Waals surface area contributed by atoms with Gasteiger partial charge >= 0.3 is 0 Å². The van der Waals surface area contributed by atoms with Crippen molar-refractivity contribution < 1.29 is 0 Å². The van der Waals surface area contributed by atoms with Gasteiger partial charge < -0.3 is 11.1 Å². The first-order chi connectivity index (χ1) is 7.83. The molecule has 5 heteroatoms. The van der Waals surface area contributed by atoms with Gasteiger partial charge in [0.2, 0.25) is 0 Å². The molecule has 1 aliphatic rings. The highest BCUT2D eigenvalue weighted by Gasteiger charge is 2.40. The summed E-state index contributed by atoms with van der Waals surface area (Å²) in [4.78, 5) is 8.51. The van der Waals surface area contributed by atoms with E-state index in [-0.39, 0.29) is 0 Å². The van der Waals surface area contributed by atoms with Crippen LogP contribution in [0.2, 0.25) is 0 Å². The molecule has 0 radical (unpaired) electrons. The molecule has 3 rings (SSSR count). The van der Waals surface area contributed by atoms with Crippen LogP contribution in [0.15, 0.2) is 17.8 Å². The van der Waals surface area contributed by atoms with Gasteiger partial charge in [-0.2, -0.15) is 0 Å². The summed E-state index contributed by atoms with van der Waals surface area (Å²) in [5, 5.41) is 5.45. The smallest absolute Gasteiger partial charge is 0.147 e. The van der Waals surface area contributed by atoms with Crippen molar-refractivity contribution in [3.05, 3.63) is 17.8 Å². The fraction of sp³-hybridized carbons (Fsp3) is 0.455. The zero-order valence-corrected chi connectivity index (χ0v) is 9.76. The van der Waals surface area contributed by atoms with Crippen LogP contribution in [0.4, 0.5) is 5.82 Å². The normalized spacial score (nSPS) is 17.6. The van der Waals surface area contributed by atoms with Gasteiger partial charge in [0.25, 0.3) is 0 Å². The highest BCUT2D eigenvalue weighted by molar-refractivity contribution is 7.17. The Morgan fingerprint density at radius 3 is 3.06 bits per heavy atom. The Bertz CT molecular complexity index is 503. The molecule has 1 fully saturated rings. The number of aromatic nitrogens is 2. The number of hydrogen-bond acceptors (Lipinski definition) is 5. The predicted octanol–water partition coefficient (Wildman–Crippen LogP) is 1.84. The van der Waals surface area contributed by atoms with Crippen molar-refractivity contribution in [2.45, 2.75) is 12.8 Å². The lowest BCUT2D eigenvalue weighted by Crippen LogP contribution is -2.24. The third-order valence-electron chi connectivity index (χ3n) is 3.26. The zero-order chi connectivity index (χ0) is 11.0. The van der Waals surface area contributed by atoms with E-state index in [0.717, 1.165) is 29.1 Å². The number of thiophene rings is 1. The predicted molar refractivity (Wildman–Crippen MR) is 66.6 cm³/mol. The van der Waals surface area contributed by atoms with Crippen LogP contribution in [0.5, 0.6) is 0 Å². The fourth-order valence-electron chi connectivity index (χ4n) is 1.82. The highest BCUT2D eigenvalue weighted by atomic mass is 32.1. The summed E-state index contributed by atoms with van der Waals surface area (Å²) >= 11 is 1.67. The molecule has 0 aliphatic heterocycles. The third kappa shape index (κ3) is 1.66. The van der Waals surface area contributed by atoms with Crippen molar-refractivity contribution in [3.63, 3.8) is 0 Å². The molecule has 2 heterocycles. The minimum Gasteiger partial charge on any atom is -0.368 e. The summed E-state index contributed by atoms with van der Waals surface area (Å²) in [6.45, 7) is 1.69. The molecule has 0 amide bonds. The van der Waals surface area contributed by atoms with Crippen LogP contribution in [-0.2, 0) is 0 Å². The standard InChI is InChI=1S/C11H14N4S/c12-5-11(2-3-11)6-13-10-9-8(1-4-16-9)14-7-15-10/h1,4,7H,2-3,5-6,12H2,(H,13,14,15). The second kappa shape index (κ2) is 3.68. The third-order valence-corrected chi connectivity index (χ3v) is 4.17. The highest BCUT2D eigenvalue weighted by Crippen LogP contribution is 2.44. The van der Waals surface area contributed by atoms with Crippen LogP contribution in [-0.4, -0.2) is 23.1 Å². The number of nitrogens with zero attached hydrogens (tertiary/aromatic N) is 2. The summed E-state index contributed by atoms with van der Waals surface area (Å²) in [6.07, 6.45) is 4.07. The summed E-state index contributed by atoms with van der Waals surface area (Å²) in [7, 11) is 0. The number of rotatable bonds is 4. The summed E-state index contributed by atoms with van der Waals surface area (Å²) in [5.41, 5.74) is 7.10. The van der Waals surface area contributed by atoms with E-state index in [1.54, 1.807) is 17.7 Å². The Kier molecular flexibility index (Phi) is 2.29. The molecule has 84 valence electrons. The maximum atomic E-state index is 5.76. The van der Waals surface area contributed by atoms with Gasteiger partial charge in [-0.1, -0.05) is 0 Å². The number of hydrogen-bond donors (Lipinski definition) is 2. The van der Waals surface area contributed by atoms with E-state index in [9.17, 15) is 0 Å². The van der Waals surface area contributed by atoms with Crippen LogP contribution in [0.3, 0.4) is 0 Å². The van der Waals surface area contributed by atoms with Gasteiger partial charge in [0.1, 0.15) is 12.1 Å². The van der Waals surface area contributed by atoms with E-state index in [0.29, 0.717) is 5.41 Å². The number of anilines is 1. The van der Waals surface area contributed by atoms with E-state index in [1.807, 2.05) is 11.4 Å². The summed E-state index contributed by atoms with van der Waals surface area (Å²) < 4.78 is 1.13. The molecule has 0 aromatic carbocycles. The Balaban J connectivity index is 1.81. The Morgan fingerprint density at radius 2 is 2.31 bits per heavy atom. The van der Waals surface area contributed by atoms with Crippen LogP contribution in [0.1, 0.15) is 12.8 Å². The quantitative estimate of drug-likeness (QED) is 0.847. The molecule has 3 N–H and O–H groups in total. The Labute approximate surface area is 97.9 Å². The molecule has 0 spiro atoms. The molecule has 0 bridgehead atoms. The van der Waals surface area contributed by atoms with E-state index in [2.05, 4.69) is 15.3 Å². The molecule has 1 saturated carbocycles. The number of nitrogens with one attached hydrogen (secondary N) is 1. The van der Waals surface area contributed by atoms with Crippen molar-refractivity contribution in [2.75, 3.05) is 18.4 Å². The molecule has 16 heavy (non-hydrogen) atoms. The molecule has 4 nitrogen and oxygen atoms in total. The van der Waals surface area contributed by atoms with Crippen molar-refractivity contribution in [3.8, 4) is 0 Å². The van der Waals surface area contributed by atoms with E-state index < -0.39 is 0 Å². The maximum Gasteiger partial charge on any atom is 0.147 e. The molecule has 0 saturated heterocycles. The number of nitrogens with two attached hydrogens (primary N) is 1. The molecular weight excluding hydrogens is 220 g/mol. The average Bonchev–Trinajstić information content (AvgIpc) is 2.94. The largest absolute Gasteiger partial charge is 0.368 e. The van der Waals surface area contributed by atoms with E-state index in [4.69, 9.17) is 5.73 Å². The molecule has 0 atom stereocenters. The molecule has 1 aliphatic carbocycles. The van der Waals surface area contributed by atoms with Crippen molar-refractivity contribution >= 4 is 27.4 Å². The molecule has 2 aromatic rings. The minimum atomic E-state index is 0.328. The van der Waals surface area contributed by atoms with Gasteiger partial charge in [-0.3, -0.25) is 0 Å². The lowest BCUT2D eigenvalue weighted by Gasteiger charge is -2.13. The van der Waals surface area contributed by atoms with E-state index >= 15 is 0 Å². The van der Waals surface area contributed by atoms with Crippen LogP contribution < -0.4 is 11.1 Å². The lowest BCUT2D eigenvalue weighted by atomic mass is 10.1. The van der Waals surface area contributed by atoms with Gasteiger partial charge in [0.15, 0.2) is 0 Å². The molecule has 2 aromatic heterocycles. The topological polar surface area (TPSA) is 63.8 Å². The lowest BCUT2D eigenvalue weighted by molar-refractivity contribution is 0.555. The molecular formula is C11H14N4S. The first-order valence-electron chi connectivity index (χ1n) is 5.45. The number of fused-ring (bicyclic) bond motifs is 1. The van der Waals surface area contributed by atoms with E-state index in [1.165, 1.54) is 12.8 Å². The zero-order valence-electron chi connectivity index (χ0n) is 8.94.